The van der Waals surface area contributed by atoms with Crippen LogP contribution in [0.15, 0.2) is 72.8 Å². The number of hydrogen-bond donors (Lipinski definition) is 3. The molecule has 2 fully saturated rings. The first-order chi connectivity index (χ1) is 21.8. The van der Waals surface area contributed by atoms with E-state index < -0.39 is 17.9 Å². The lowest BCUT2D eigenvalue weighted by Crippen LogP contribution is -2.35. The number of amides is 3. The van der Waals surface area contributed by atoms with Gasteiger partial charge in [-0.2, -0.15) is 0 Å². The molecule has 45 heavy (non-hydrogen) atoms. The Hall–Kier alpha value is -4.66. The van der Waals surface area contributed by atoms with Crippen molar-refractivity contribution in [3.63, 3.8) is 0 Å². The SMILES string of the molecule is Cc1ccc(C(CC(=O)O)NC(=O)c2ccc(N3CCCN(C(=O)c4ccccc4)CC3)c(NC(=O)C3CCCCC3)c2)cc1. The third-order valence-electron chi connectivity index (χ3n) is 8.80. The predicted molar refractivity (Wildman–Crippen MR) is 174 cm³/mol. The van der Waals surface area contributed by atoms with Gasteiger partial charge in [-0.05, 0) is 62.1 Å². The molecule has 1 unspecified atom stereocenters. The molecule has 0 bridgehead atoms. The third kappa shape index (κ3) is 8.29. The number of carboxylic acids is 1. The van der Waals surface area contributed by atoms with Crippen molar-refractivity contribution in [1.29, 1.82) is 0 Å². The highest BCUT2D eigenvalue weighted by molar-refractivity contribution is 6.01. The Morgan fingerprint density at radius 1 is 0.822 bits per heavy atom. The lowest BCUT2D eigenvalue weighted by atomic mass is 9.88. The van der Waals surface area contributed by atoms with Crippen LogP contribution < -0.4 is 15.5 Å². The number of carboxylic acid groups (broad SMARTS) is 1. The summed E-state index contributed by atoms with van der Waals surface area (Å²) >= 11 is 0. The molecule has 1 aliphatic carbocycles. The second-order valence-electron chi connectivity index (χ2n) is 12.1. The average molecular weight is 611 g/mol. The standard InChI is InChI=1S/C36H42N4O5/c1-25-13-15-26(16-14-25)30(24-33(41)42)37-35(44)29-17-18-32(31(23-29)38-34(43)27-9-4-2-5-10-27)39-19-8-20-40(22-21-39)36(45)28-11-6-3-7-12-28/h3,6-7,11-18,23,27,30H,2,4-5,8-10,19-22,24H2,1H3,(H,37,44)(H,38,43)(H,41,42). The molecule has 1 atom stereocenters. The summed E-state index contributed by atoms with van der Waals surface area (Å²) in [6, 6.07) is 21.2. The van der Waals surface area contributed by atoms with Gasteiger partial charge >= 0.3 is 5.97 Å². The number of rotatable bonds is 9. The first-order valence-electron chi connectivity index (χ1n) is 15.9. The van der Waals surface area contributed by atoms with Gasteiger partial charge in [-0.3, -0.25) is 19.2 Å². The molecular formula is C36H42N4O5. The summed E-state index contributed by atoms with van der Waals surface area (Å²) in [6.45, 7) is 4.36. The molecule has 9 nitrogen and oxygen atoms in total. The molecule has 1 saturated carbocycles. The third-order valence-corrected chi connectivity index (χ3v) is 8.80. The summed E-state index contributed by atoms with van der Waals surface area (Å²) < 4.78 is 0. The number of aryl methyl sites for hydroxylation is 1. The molecule has 0 radical (unpaired) electrons. The monoisotopic (exact) mass is 610 g/mol. The maximum absolute atomic E-state index is 13.5. The van der Waals surface area contributed by atoms with Crippen molar-refractivity contribution >= 4 is 35.1 Å². The summed E-state index contributed by atoms with van der Waals surface area (Å²) in [4.78, 5) is 55.8. The van der Waals surface area contributed by atoms with E-state index in [0.29, 0.717) is 48.6 Å². The lowest BCUT2D eigenvalue weighted by molar-refractivity contribution is -0.137. The molecule has 5 rings (SSSR count). The number of aliphatic carboxylic acids is 1. The summed E-state index contributed by atoms with van der Waals surface area (Å²) in [6.07, 6.45) is 5.36. The molecule has 3 aromatic rings. The zero-order valence-corrected chi connectivity index (χ0v) is 25.8. The van der Waals surface area contributed by atoms with Crippen molar-refractivity contribution < 1.29 is 24.3 Å². The van der Waals surface area contributed by atoms with Gasteiger partial charge in [0.05, 0.1) is 23.8 Å². The second-order valence-corrected chi connectivity index (χ2v) is 12.1. The van der Waals surface area contributed by atoms with Crippen molar-refractivity contribution in [3.05, 3.63) is 95.1 Å². The highest BCUT2D eigenvalue weighted by Gasteiger charge is 2.26. The number of carbonyl (C=O) groups excluding carboxylic acids is 3. The van der Waals surface area contributed by atoms with Crippen molar-refractivity contribution in [2.24, 2.45) is 5.92 Å². The first-order valence-corrected chi connectivity index (χ1v) is 15.9. The van der Waals surface area contributed by atoms with Crippen molar-refractivity contribution in [3.8, 4) is 0 Å². The highest BCUT2D eigenvalue weighted by Crippen LogP contribution is 2.32. The molecule has 9 heteroatoms. The van der Waals surface area contributed by atoms with Gasteiger partial charge in [0.15, 0.2) is 0 Å². The van der Waals surface area contributed by atoms with Crippen LogP contribution in [0.1, 0.15) is 82.8 Å². The van der Waals surface area contributed by atoms with Gasteiger partial charge in [0.2, 0.25) is 5.91 Å². The van der Waals surface area contributed by atoms with E-state index in [1.54, 1.807) is 12.1 Å². The minimum Gasteiger partial charge on any atom is -0.481 e. The van der Waals surface area contributed by atoms with E-state index in [1.165, 1.54) is 0 Å². The van der Waals surface area contributed by atoms with E-state index in [4.69, 9.17) is 0 Å². The minimum absolute atomic E-state index is 0.000199. The van der Waals surface area contributed by atoms with E-state index in [-0.39, 0.29) is 24.2 Å². The predicted octanol–water partition coefficient (Wildman–Crippen LogP) is 5.81. The average Bonchev–Trinajstić information content (AvgIpc) is 3.31. The molecule has 3 amide bonds. The van der Waals surface area contributed by atoms with Gasteiger partial charge in [0.25, 0.3) is 11.8 Å². The summed E-state index contributed by atoms with van der Waals surface area (Å²) in [5, 5.41) is 15.6. The van der Waals surface area contributed by atoms with Gasteiger partial charge in [-0.1, -0.05) is 67.3 Å². The zero-order chi connectivity index (χ0) is 31.8. The number of nitrogens with zero attached hydrogens (tertiary/aromatic N) is 2. The van der Waals surface area contributed by atoms with Crippen LogP contribution in [0.5, 0.6) is 0 Å². The first kappa shape index (κ1) is 31.8. The van der Waals surface area contributed by atoms with Crippen LogP contribution in [-0.4, -0.2) is 59.9 Å². The fraction of sp³-hybridized carbons (Fsp3) is 0.389. The molecule has 3 N–H and O–H groups in total. The fourth-order valence-electron chi connectivity index (χ4n) is 6.24. The Bertz CT molecular complexity index is 1500. The van der Waals surface area contributed by atoms with Crippen LogP contribution >= 0.6 is 0 Å². The molecule has 3 aromatic carbocycles. The topological polar surface area (TPSA) is 119 Å². The van der Waals surface area contributed by atoms with Crippen LogP contribution in [0.4, 0.5) is 11.4 Å². The van der Waals surface area contributed by atoms with E-state index in [9.17, 15) is 24.3 Å². The van der Waals surface area contributed by atoms with Crippen molar-refractivity contribution in [2.45, 2.75) is 57.9 Å². The van der Waals surface area contributed by atoms with Gasteiger partial charge in [0.1, 0.15) is 0 Å². The molecule has 1 heterocycles. The quantitative estimate of drug-likeness (QED) is 0.281. The maximum Gasteiger partial charge on any atom is 0.305 e. The number of benzene rings is 3. The van der Waals surface area contributed by atoms with Crippen LogP contribution in [0.25, 0.3) is 0 Å². The number of carbonyl (C=O) groups is 4. The van der Waals surface area contributed by atoms with Gasteiger partial charge < -0.3 is 25.5 Å². The normalized spacial score (nSPS) is 16.4. The van der Waals surface area contributed by atoms with E-state index in [1.807, 2.05) is 72.5 Å². The Labute approximate surface area is 264 Å². The smallest absolute Gasteiger partial charge is 0.305 e. The van der Waals surface area contributed by atoms with Crippen molar-refractivity contribution in [2.75, 3.05) is 36.4 Å². The lowest BCUT2D eigenvalue weighted by Gasteiger charge is -2.28. The Balaban J connectivity index is 1.38. The van der Waals surface area contributed by atoms with Crippen LogP contribution in [-0.2, 0) is 9.59 Å². The van der Waals surface area contributed by atoms with E-state index >= 15 is 0 Å². The molecule has 236 valence electrons. The fourth-order valence-corrected chi connectivity index (χ4v) is 6.24. The van der Waals surface area contributed by atoms with Crippen molar-refractivity contribution in [1.82, 2.24) is 10.2 Å². The largest absolute Gasteiger partial charge is 0.481 e. The van der Waals surface area contributed by atoms with Gasteiger partial charge in [-0.15, -0.1) is 0 Å². The van der Waals surface area contributed by atoms with Gasteiger partial charge in [0, 0.05) is 43.2 Å². The second kappa shape index (κ2) is 14.9. The summed E-state index contributed by atoms with van der Waals surface area (Å²) in [7, 11) is 0. The molecule has 0 aromatic heterocycles. The maximum atomic E-state index is 13.5. The van der Waals surface area contributed by atoms with Crippen LogP contribution in [0.3, 0.4) is 0 Å². The molecule has 1 saturated heterocycles. The number of anilines is 2. The Kier molecular flexibility index (Phi) is 10.5. The Morgan fingerprint density at radius 3 is 2.27 bits per heavy atom. The Morgan fingerprint density at radius 2 is 1.56 bits per heavy atom. The van der Waals surface area contributed by atoms with Crippen LogP contribution in [0.2, 0.25) is 0 Å². The van der Waals surface area contributed by atoms with E-state index in [2.05, 4.69) is 15.5 Å². The zero-order valence-electron chi connectivity index (χ0n) is 25.8. The number of hydrogen-bond acceptors (Lipinski definition) is 5. The summed E-state index contributed by atoms with van der Waals surface area (Å²) in [5.74, 6) is -1.56. The number of nitrogens with one attached hydrogen (secondary N) is 2. The molecule has 2 aliphatic rings. The highest BCUT2D eigenvalue weighted by atomic mass is 16.4. The molecular weight excluding hydrogens is 568 g/mol. The molecule has 0 spiro atoms. The van der Waals surface area contributed by atoms with Gasteiger partial charge in [-0.25, -0.2) is 0 Å². The minimum atomic E-state index is -1.02. The van der Waals surface area contributed by atoms with Crippen LogP contribution in [0, 0.1) is 12.8 Å². The summed E-state index contributed by atoms with van der Waals surface area (Å²) in [5.41, 5.74) is 4.08. The van der Waals surface area contributed by atoms with E-state index in [0.717, 1.165) is 49.8 Å². The molecule has 1 aliphatic heterocycles.